The maximum absolute atomic E-state index is 12.8. The van der Waals surface area contributed by atoms with Crippen LogP contribution in [0.3, 0.4) is 0 Å². The van der Waals surface area contributed by atoms with E-state index in [4.69, 9.17) is 4.74 Å². The second-order valence-electron chi connectivity index (χ2n) is 6.10. The van der Waals surface area contributed by atoms with E-state index in [1.54, 1.807) is 12.1 Å². The predicted octanol–water partition coefficient (Wildman–Crippen LogP) is 2.91. The van der Waals surface area contributed by atoms with Crippen LogP contribution in [0.25, 0.3) is 0 Å². The molecule has 1 aliphatic heterocycles. The first-order chi connectivity index (χ1) is 10.1. The average molecular weight is 294 g/mol. The van der Waals surface area contributed by atoms with Gasteiger partial charge in [0, 0.05) is 19.1 Å². The number of hydrogen-bond donors (Lipinski definition) is 1. The first-order valence-electron chi connectivity index (χ1n) is 7.98. The van der Waals surface area contributed by atoms with Crippen molar-refractivity contribution in [1.82, 2.24) is 10.2 Å². The minimum Gasteiger partial charge on any atom is -0.492 e. The van der Waals surface area contributed by atoms with Gasteiger partial charge in [0.05, 0.1) is 0 Å². The second kappa shape index (κ2) is 8.35. The van der Waals surface area contributed by atoms with E-state index in [1.807, 2.05) is 0 Å². The molecule has 0 amide bonds. The monoisotopic (exact) mass is 294 g/mol. The van der Waals surface area contributed by atoms with E-state index in [2.05, 4.69) is 24.1 Å². The first kappa shape index (κ1) is 16.2. The number of halogens is 1. The summed E-state index contributed by atoms with van der Waals surface area (Å²) >= 11 is 0. The van der Waals surface area contributed by atoms with Crippen molar-refractivity contribution < 1.29 is 9.13 Å². The topological polar surface area (TPSA) is 24.5 Å². The smallest absolute Gasteiger partial charge is 0.123 e. The van der Waals surface area contributed by atoms with Gasteiger partial charge in [-0.2, -0.15) is 0 Å². The van der Waals surface area contributed by atoms with Gasteiger partial charge in [-0.15, -0.1) is 0 Å². The van der Waals surface area contributed by atoms with Crippen molar-refractivity contribution in [2.45, 2.75) is 32.7 Å². The summed E-state index contributed by atoms with van der Waals surface area (Å²) in [6.07, 6.45) is 2.59. The highest BCUT2D eigenvalue weighted by Crippen LogP contribution is 2.14. The van der Waals surface area contributed by atoms with Crippen LogP contribution in [-0.2, 0) is 0 Å². The van der Waals surface area contributed by atoms with E-state index in [1.165, 1.54) is 25.0 Å². The molecule has 0 bridgehead atoms. The number of nitrogens with zero attached hydrogens (tertiary/aromatic N) is 1. The van der Waals surface area contributed by atoms with Gasteiger partial charge >= 0.3 is 0 Å². The van der Waals surface area contributed by atoms with E-state index in [0.29, 0.717) is 12.6 Å². The number of nitrogens with one attached hydrogen (secondary N) is 1. The minimum atomic E-state index is -0.226. The molecule has 1 unspecified atom stereocenters. The molecule has 0 radical (unpaired) electrons. The zero-order chi connectivity index (χ0) is 15.1. The Morgan fingerprint density at radius 3 is 2.71 bits per heavy atom. The molecule has 4 heteroatoms. The van der Waals surface area contributed by atoms with E-state index >= 15 is 0 Å². The fourth-order valence-corrected chi connectivity index (χ4v) is 2.78. The summed E-state index contributed by atoms with van der Waals surface area (Å²) in [6.45, 7) is 9.42. The largest absolute Gasteiger partial charge is 0.492 e. The molecule has 118 valence electrons. The standard InChI is InChI=1S/C17H27FN2O/c1-14(2)20(13-15-4-3-9-19-12-15)10-11-21-17-7-5-16(18)6-8-17/h5-8,14-15,19H,3-4,9-13H2,1-2H3. The molecular formula is C17H27FN2O. The molecule has 0 aromatic heterocycles. The summed E-state index contributed by atoms with van der Waals surface area (Å²) in [5, 5.41) is 3.47. The Hall–Kier alpha value is -1.13. The summed E-state index contributed by atoms with van der Waals surface area (Å²) in [7, 11) is 0. The zero-order valence-corrected chi connectivity index (χ0v) is 13.1. The van der Waals surface area contributed by atoms with E-state index < -0.39 is 0 Å². The highest BCUT2D eigenvalue weighted by Gasteiger charge is 2.18. The predicted molar refractivity (Wildman–Crippen MR) is 84.2 cm³/mol. The molecule has 0 aliphatic carbocycles. The molecule has 1 fully saturated rings. The average Bonchev–Trinajstić information content (AvgIpc) is 2.49. The van der Waals surface area contributed by atoms with Gasteiger partial charge in [0.1, 0.15) is 18.2 Å². The van der Waals surface area contributed by atoms with Crippen molar-refractivity contribution >= 4 is 0 Å². The van der Waals surface area contributed by atoms with Gasteiger partial charge < -0.3 is 10.1 Å². The number of hydrogen-bond acceptors (Lipinski definition) is 3. The molecule has 0 spiro atoms. The van der Waals surface area contributed by atoms with Crippen molar-refractivity contribution in [2.24, 2.45) is 5.92 Å². The lowest BCUT2D eigenvalue weighted by Gasteiger charge is -2.32. The van der Waals surface area contributed by atoms with Crippen LogP contribution < -0.4 is 10.1 Å². The molecule has 1 N–H and O–H groups in total. The van der Waals surface area contributed by atoms with E-state index in [-0.39, 0.29) is 5.82 Å². The molecule has 1 aliphatic rings. The van der Waals surface area contributed by atoms with Crippen molar-refractivity contribution in [3.8, 4) is 5.75 Å². The van der Waals surface area contributed by atoms with Gasteiger partial charge in [-0.1, -0.05) is 0 Å². The first-order valence-corrected chi connectivity index (χ1v) is 7.98. The fraction of sp³-hybridized carbons (Fsp3) is 0.647. The van der Waals surface area contributed by atoms with Crippen LogP contribution in [0, 0.1) is 11.7 Å². The summed E-state index contributed by atoms with van der Waals surface area (Å²) in [6, 6.07) is 6.75. The van der Waals surface area contributed by atoms with Gasteiger partial charge in [0.25, 0.3) is 0 Å². The van der Waals surface area contributed by atoms with Crippen LogP contribution in [0.15, 0.2) is 24.3 Å². The van der Waals surface area contributed by atoms with E-state index in [0.717, 1.165) is 37.8 Å². The lowest BCUT2D eigenvalue weighted by Crippen LogP contribution is -2.42. The van der Waals surface area contributed by atoms with Crippen molar-refractivity contribution in [3.05, 3.63) is 30.1 Å². The van der Waals surface area contributed by atoms with Crippen molar-refractivity contribution in [1.29, 1.82) is 0 Å². The fourth-order valence-electron chi connectivity index (χ4n) is 2.78. The quantitative estimate of drug-likeness (QED) is 0.837. The zero-order valence-electron chi connectivity index (χ0n) is 13.1. The summed E-state index contributed by atoms with van der Waals surface area (Å²) in [4.78, 5) is 2.47. The second-order valence-corrected chi connectivity index (χ2v) is 6.10. The minimum absolute atomic E-state index is 0.226. The van der Waals surface area contributed by atoms with Gasteiger partial charge in [0.15, 0.2) is 0 Å². The van der Waals surface area contributed by atoms with Crippen molar-refractivity contribution in [3.63, 3.8) is 0 Å². The summed E-state index contributed by atoms with van der Waals surface area (Å²) in [5.74, 6) is 1.25. The Kier molecular flexibility index (Phi) is 6.46. The third-order valence-corrected chi connectivity index (χ3v) is 4.08. The van der Waals surface area contributed by atoms with Crippen molar-refractivity contribution in [2.75, 3.05) is 32.8 Å². The molecule has 1 saturated heterocycles. The SMILES string of the molecule is CC(C)N(CCOc1ccc(F)cc1)CC1CCCNC1. The van der Waals surface area contributed by atoms with Crippen LogP contribution in [0.1, 0.15) is 26.7 Å². The van der Waals surface area contributed by atoms with E-state index in [9.17, 15) is 4.39 Å². The number of benzene rings is 1. The Morgan fingerprint density at radius 2 is 2.10 bits per heavy atom. The Morgan fingerprint density at radius 1 is 1.33 bits per heavy atom. The Balaban J connectivity index is 1.75. The summed E-state index contributed by atoms with van der Waals surface area (Å²) in [5.41, 5.74) is 0. The maximum Gasteiger partial charge on any atom is 0.123 e. The maximum atomic E-state index is 12.8. The molecule has 0 saturated carbocycles. The molecule has 2 rings (SSSR count). The van der Waals surface area contributed by atoms with Gasteiger partial charge in [-0.25, -0.2) is 4.39 Å². The molecule has 3 nitrogen and oxygen atoms in total. The molecule has 1 atom stereocenters. The number of piperidine rings is 1. The van der Waals surface area contributed by atoms with Crippen LogP contribution in [0.2, 0.25) is 0 Å². The van der Waals surface area contributed by atoms with Crippen LogP contribution in [-0.4, -0.2) is 43.7 Å². The molecule has 1 heterocycles. The van der Waals surface area contributed by atoms with Crippen LogP contribution in [0.4, 0.5) is 4.39 Å². The Bertz CT molecular complexity index is 402. The molecule has 1 aromatic rings. The van der Waals surface area contributed by atoms with Gasteiger partial charge in [-0.05, 0) is 70.0 Å². The molecular weight excluding hydrogens is 267 g/mol. The lowest BCUT2D eigenvalue weighted by molar-refractivity contribution is 0.143. The highest BCUT2D eigenvalue weighted by molar-refractivity contribution is 5.21. The number of ether oxygens (including phenoxy) is 1. The third-order valence-electron chi connectivity index (χ3n) is 4.08. The van der Waals surface area contributed by atoms with Crippen LogP contribution >= 0.6 is 0 Å². The van der Waals surface area contributed by atoms with Gasteiger partial charge in [-0.3, -0.25) is 4.90 Å². The molecule has 1 aromatic carbocycles. The molecule has 21 heavy (non-hydrogen) atoms. The lowest BCUT2D eigenvalue weighted by atomic mass is 9.98. The third kappa shape index (κ3) is 5.64. The van der Waals surface area contributed by atoms with Crippen LogP contribution in [0.5, 0.6) is 5.75 Å². The van der Waals surface area contributed by atoms with Gasteiger partial charge in [0.2, 0.25) is 0 Å². The Labute approximate surface area is 127 Å². The highest BCUT2D eigenvalue weighted by atomic mass is 19.1. The summed E-state index contributed by atoms with van der Waals surface area (Å²) < 4.78 is 18.5. The normalized spacial score (nSPS) is 19.2. The number of rotatable bonds is 7.